The lowest BCUT2D eigenvalue weighted by atomic mass is 10.2. The van der Waals surface area contributed by atoms with E-state index >= 15 is 0 Å². The number of hydrogen-bond donors (Lipinski definition) is 0. The molecule has 1 aliphatic heterocycles. The zero-order valence-electron chi connectivity index (χ0n) is 14.6. The number of thioether (sulfide) groups is 1. The van der Waals surface area contributed by atoms with Gasteiger partial charge >= 0.3 is 0 Å². The summed E-state index contributed by atoms with van der Waals surface area (Å²) in [6, 6.07) is 16.2. The van der Waals surface area contributed by atoms with Crippen molar-refractivity contribution in [1.82, 2.24) is 4.90 Å². The molecule has 0 atom stereocenters. The number of piperazine rings is 1. The number of benzene rings is 2. The monoisotopic (exact) mass is 356 g/mol. The summed E-state index contributed by atoms with van der Waals surface area (Å²) < 4.78 is 5.78. The van der Waals surface area contributed by atoms with Crippen molar-refractivity contribution < 1.29 is 9.53 Å². The Morgan fingerprint density at radius 1 is 1.04 bits per heavy atom. The number of hydrogen-bond acceptors (Lipinski definition) is 5. The third kappa shape index (κ3) is 4.77. The first-order chi connectivity index (χ1) is 12.3. The molecule has 5 heteroatoms. The summed E-state index contributed by atoms with van der Waals surface area (Å²) in [4.78, 5) is 17.2. The lowest BCUT2D eigenvalue weighted by molar-refractivity contribution is 0.111. The van der Waals surface area contributed by atoms with Gasteiger partial charge in [0.15, 0.2) is 6.29 Å². The molecule has 132 valence electrons. The Labute approximate surface area is 153 Å². The average Bonchev–Trinajstić information content (AvgIpc) is 2.69. The van der Waals surface area contributed by atoms with Crippen molar-refractivity contribution in [3.8, 4) is 5.75 Å². The highest BCUT2D eigenvalue weighted by Gasteiger charge is 2.17. The molecule has 1 heterocycles. The van der Waals surface area contributed by atoms with Crippen LogP contribution in [0.5, 0.6) is 5.75 Å². The number of aldehydes is 1. The summed E-state index contributed by atoms with van der Waals surface area (Å²) in [5, 5.41) is 0. The molecule has 0 radical (unpaired) electrons. The van der Waals surface area contributed by atoms with E-state index in [0.29, 0.717) is 17.9 Å². The van der Waals surface area contributed by atoms with E-state index in [-0.39, 0.29) is 0 Å². The van der Waals surface area contributed by atoms with E-state index in [0.717, 1.165) is 39.0 Å². The Kier molecular flexibility index (Phi) is 6.36. The van der Waals surface area contributed by atoms with Gasteiger partial charge < -0.3 is 9.64 Å². The minimum Gasteiger partial charge on any atom is -0.492 e. The number of carbonyl (C=O) groups excluding carboxylic acids is 1. The van der Waals surface area contributed by atoms with E-state index in [9.17, 15) is 4.79 Å². The fourth-order valence-corrected chi connectivity index (χ4v) is 3.43. The number of carbonyl (C=O) groups is 1. The number of ether oxygens (including phenoxy) is 1. The third-order valence-electron chi connectivity index (χ3n) is 4.52. The Morgan fingerprint density at radius 2 is 1.76 bits per heavy atom. The van der Waals surface area contributed by atoms with Gasteiger partial charge in [-0.25, -0.2) is 0 Å². The Hall–Kier alpha value is -1.98. The van der Waals surface area contributed by atoms with E-state index in [2.05, 4.69) is 40.3 Å². The normalized spacial score (nSPS) is 15.2. The van der Waals surface area contributed by atoms with Gasteiger partial charge in [0.05, 0.1) is 5.56 Å². The lowest BCUT2D eigenvalue weighted by Gasteiger charge is -2.36. The summed E-state index contributed by atoms with van der Waals surface area (Å²) in [6.07, 6.45) is 2.94. The molecule has 0 bridgehead atoms. The minimum absolute atomic E-state index is 0.604. The van der Waals surface area contributed by atoms with Crippen LogP contribution < -0.4 is 9.64 Å². The van der Waals surface area contributed by atoms with Crippen molar-refractivity contribution in [1.29, 1.82) is 0 Å². The molecular formula is C20H24N2O2S. The first-order valence-electron chi connectivity index (χ1n) is 8.58. The third-order valence-corrected chi connectivity index (χ3v) is 5.26. The summed E-state index contributed by atoms with van der Waals surface area (Å²) in [6.45, 7) is 5.61. The molecule has 0 spiro atoms. The largest absolute Gasteiger partial charge is 0.492 e. The zero-order chi connectivity index (χ0) is 17.5. The van der Waals surface area contributed by atoms with Gasteiger partial charge in [0.1, 0.15) is 12.4 Å². The zero-order valence-corrected chi connectivity index (χ0v) is 15.4. The Balaban J connectivity index is 1.44. The predicted molar refractivity (Wildman–Crippen MR) is 104 cm³/mol. The Morgan fingerprint density at radius 3 is 2.44 bits per heavy atom. The van der Waals surface area contributed by atoms with Crippen LogP contribution in [0, 0.1) is 0 Å². The molecule has 0 aromatic heterocycles. The second kappa shape index (κ2) is 8.92. The van der Waals surface area contributed by atoms with E-state index < -0.39 is 0 Å². The average molecular weight is 356 g/mol. The van der Waals surface area contributed by atoms with E-state index in [1.54, 1.807) is 17.8 Å². The maximum atomic E-state index is 11.0. The molecule has 1 saturated heterocycles. The first kappa shape index (κ1) is 17.8. The van der Waals surface area contributed by atoms with Crippen molar-refractivity contribution in [2.24, 2.45) is 0 Å². The minimum atomic E-state index is 0.604. The highest BCUT2D eigenvalue weighted by Crippen LogP contribution is 2.21. The van der Waals surface area contributed by atoms with Crippen LogP contribution in [0.25, 0.3) is 0 Å². The van der Waals surface area contributed by atoms with Crippen molar-refractivity contribution in [3.63, 3.8) is 0 Å². The maximum Gasteiger partial charge on any atom is 0.153 e. The number of rotatable bonds is 7. The second-order valence-corrected chi connectivity index (χ2v) is 6.91. The summed E-state index contributed by atoms with van der Waals surface area (Å²) in [5.74, 6) is 0.671. The number of anilines is 1. The Bertz CT molecular complexity index is 682. The molecule has 0 saturated carbocycles. The van der Waals surface area contributed by atoms with Crippen LogP contribution in [0.2, 0.25) is 0 Å². The van der Waals surface area contributed by atoms with E-state index in [4.69, 9.17) is 4.74 Å². The fourth-order valence-electron chi connectivity index (χ4n) is 3.02. The predicted octanol–water partition coefficient (Wildman–Crippen LogP) is 3.42. The summed E-state index contributed by atoms with van der Waals surface area (Å²) >= 11 is 1.77. The number of nitrogens with zero attached hydrogens (tertiary/aromatic N) is 2. The molecule has 1 aliphatic rings. The van der Waals surface area contributed by atoms with Crippen molar-refractivity contribution >= 4 is 23.7 Å². The van der Waals surface area contributed by atoms with Crippen LogP contribution in [-0.2, 0) is 0 Å². The maximum absolute atomic E-state index is 11.0. The highest BCUT2D eigenvalue weighted by atomic mass is 32.2. The molecule has 0 aliphatic carbocycles. The molecule has 0 unspecified atom stereocenters. The molecule has 1 fully saturated rings. The van der Waals surface area contributed by atoms with Gasteiger partial charge in [-0.3, -0.25) is 9.69 Å². The lowest BCUT2D eigenvalue weighted by Crippen LogP contribution is -2.47. The van der Waals surface area contributed by atoms with Gasteiger partial charge in [0.25, 0.3) is 0 Å². The highest BCUT2D eigenvalue weighted by molar-refractivity contribution is 7.98. The summed E-state index contributed by atoms with van der Waals surface area (Å²) in [5.41, 5.74) is 1.91. The van der Waals surface area contributed by atoms with Gasteiger partial charge in [-0.2, -0.15) is 0 Å². The van der Waals surface area contributed by atoms with Crippen LogP contribution in [0.15, 0.2) is 53.4 Å². The quantitative estimate of drug-likeness (QED) is 0.561. The molecular weight excluding hydrogens is 332 g/mol. The SMILES string of the molecule is CSc1ccc(N2CCN(CCOc3ccccc3C=O)CC2)cc1. The molecule has 2 aromatic rings. The molecule has 25 heavy (non-hydrogen) atoms. The van der Waals surface area contributed by atoms with Gasteiger partial charge in [0.2, 0.25) is 0 Å². The van der Waals surface area contributed by atoms with Crippen molar-refractivity contribution in [3.05, 3.63) is 54.1 Å². The van der Waals surface area contributed by atoms with E-state index in [1.165, 1.54) is 10.6 Å². The second-order valence-electron chi connectivity index (χ2n) is 6.03. The number of para-hydroxylation sites is 1. The fraction of sp³-hybridized carbons (Fsp3) is 0.350. The topological polar surface area (TPSA) is 32.8 Å². The standard InChI is InChI=1S/C20H24N2O2S/c1-25-19-8-6-18(7-9-19)22-12-10-21(11-13-22)14-15-24-20-5-3-2-4-17(20)16-23/h2-9,16H,10-15H2,1H3. The van der Waals surface area contributed by atoms with Crippen molar-refractivity contribution in [2.45, 2.75) is 4.90 Å². The van der Waals surface area contributed by atoms with Crippen LogP contribution in [0.4, 0.5) is 5.69 Å². The van der Waals surface area contributed by atoms with Gasteiger partial charge in [-0.1, -0.05) is 12.1 Å². The summed E-state index contributed by atoms with van der Waals surface area (Å²) in [7, 11) is 0. The molecule has 2 aromatic carbocycles. The molecule has 0 N–H and O–H groups in total. The molecule has 3 rings (SSSR count). The van der Waals surface area contributed by atoms with Crippen LogP contribution in [-0.4, -0.2) is 56.8 Å². The van der Waals surface area contributed by atoms with Gasteiger partial charge in [-0.15, -0.1) is 11.8 Å². The molecule has 0 amide bonds. The van der Waals surface area contributed by atoms with Gasteiger partial charge in [0, 0.05) is 43.3 Å². The smallest absolute Gasteiger partial charge is 0.153 e. The molecule has 4 nitrogen and oxygen atoms in total. The van der Waals surface area contributed by atoms with Crippen molar-refractivity contribution in [2.75, 3.05) is 50.5 Å². The van der Waals surface area contributed by atoms with Crippen LogP contribution >= 0.6 is 11.8 Å². The van der Waals surface area contributed by atoms with Crippen LogP contribution in [0.1, 0.15) is 10.4 Å². The van der Waals surface area contributed by atoms with Gasteiger partial charge in [-0.05, 0) is 42.7 Å². The van der Waals surface area contributed by atoms with Crippen LogP contribution in [0.3, 0.4) is 0 Å². The first-order valence-corrected chi connectivity index (χ1v) is 9.81. The van der Waals surface area contributed by atoms with E-state index in [1.807, 2.05) is 18.2 Å².